The first-order valence-electron chi connectivity index (χ1n) is 16.0. The molecule has 1 aliphatic heterocycles. The Balaban J connectivity index is 1.16. The molecular formula is C38H38N2O6S2. The number of ether oxygens (including phenoxy) is 2. The molecule has 1 fully saturated rings. The third-order valence-corrected chi connectivity index (χ3v) is 10.8. The molecule has 4 atom stereocenters. The highest BCUT2D eigenvalue weighted by molar-refractivity contribution is 8.01. The van der Waals surface area contributed by atoms with Crippen LogP contribution in [0, 0.1) is 5.92 Å². The number of carboxylic acids is 1. The van der Waals surface area contributed by atoms with Gasteiger partial charge in [-0.25, -0.2) is 4.98 Å². The van der Waals surface area contributed by atoms with Crippen LogP contribution in [0.5, 0.6) is 0 Å². The van der Waals surface area contributed by atoms with Crippen LogP contribution >= 0.6 is 23.1 Å². The van der Waals surface area contributed by atoms with Gasteiger partial charge >= 0.3 is 5.97 Å². The van der Waals surface area contributed by atoms with Crippen molar-refractivity contribution in [2.24, 2.45) is 5.92 Å². The lowest BCUT2D eigenvalue weighted by Crippen LogP contribution is -2.38. The summed E-state index contributed by atoms with van der Waals surface area (Å²) < 4.78 is 15.5. The average Bonchev–Trinajstić information content (AvgIpc) is 3.54. The van der Waals surface area contributed by atoms with E-state index in [-0.39, 0.29) is 43.5 Å². The first-order chi connectivity index (χ1) is 23.4. The van der Waals surface area contributed by atoms with Crippen LogP contribution < -0.4 is 5.32 Å². The molecule has 0 unspecified atom stereocenters. The fraction of sp³-hybridized carbons (Fsp3) is 0.289. The van der Waals surface area contributed by atoms with Gasteiger partial charge in [0.25, 0.3) is 0 Å². The highest BCUT2D eigenvalue weighted by Crippen LogP contribution is 2.43. The van der Waals surface area contributed by atoms with Crippen molar-refractivity contribution < 1.29 is 29.3 Å². The van der Waals surface area contributed by atoms with Gasteiger partial charge in [0.05, 0.1) is 29.0 Å². The van der Waals surface area contributed by atoms with Gasteiger partial charge in [0.15, 0.2) is 10.6 Å². The molecule has 1 saturated heterocycles. The molecule has 6 rings (SSSR count). The Hall–Kier alpha value is -4.06. The number of carbonyl (C=O) groups excluding carboxylic acids is 1. The number of aromatic nitrogens is 1. The molecular weight excluding hydrogens is 645 g/mol. The summed E-state index contributed by atoms with van der Waals surface area (Å²) in [5.74, 6) is -0.256. The standard InChI is InChI=1S/C38H38N2O6S2/c1-24-32(23-47-38-40-31-8-2-3-9-33(31)48-38)45-37(46-36(24)28-14-12-25(22-41)13-15-28)29-18-16-27(17-19-29)30-7-4-6-26(20-30)21-39-34(42)10-5-11-35(43)44/h2-4,6-9,12-20,24,32,36-37,41H,5,10-11,21-23H2,1H3,(H,39,42)(H,43,44)/t24-,32+,36+,37+/m1/s1. The fourth-order valence-corrected chi connectivity index (χ4v) is 8.02. The van der Waals surface area contributed by atoms with Crippen molar-refractivity contribution in [2.45, 2.75) is 62.2 Å². The number of rotatable bonds is 13. The largest absolute Gasteiger partial charge is 0.481 e. The first kappa shape index (κ1) is 33.8. The van der Waals surface area contributed by atoms with Gasteiger partial charge in [0.2, 0.25) is 5.91 Å². The van der Waals surface area contributed by atoms with Gasteiger partial charge in [0.1, 0.15) is 0 Å². The first-order valence-corrected chi connectivity index (χ1v) is 17.8. The Morgan fingerprint density at radius 1 is 0.875 bits per heavy atom. The smallest absolute Gasteiger partial charge is 0.303 e. The van der Waals surface area contributed by atoms with E-state index in [4.69, 9.17) is 19.6 Å². The normalized spacial score (nSPS) is 19.3. The van der Waals surface area contributed by atoms with Crippen LogP contribution in [-0.4, -0.2) is 38.9 Å². The molecule has 0 aliphatic carbocycles. The third kappa shape index (κ3) is 8.50. The van der Waals surface area contributed by atoms with Crippen LogP contribution in [0.3, 0.4) is 0 Å². The number of aliphatic hydroxyl groups excluding tert-OH is 1. The summed E-state index contributed by atoms with van der Waals surface area (Å²) >= 11 is 3.41. The summed E-state index contributed by atoms with van der Waals surface area (Å²) in [5, 5.41) is 21.2. The van der Waals surface area contributed by atoms with Crippen LogP contribution in [-0.2, 0) is 32.2 Å². The van der Waals surface area contributed by atoms with Crippen molar-refractivity contribution in [1.29, 1.82) is 0 Å². The number of fused-ring (bicyclic) bond motifs is 1. The number of para-hydroxylation sites is 1. The van der Waals surface area contributed by atoms with Crippen LogP contribution in [0.4, 0.5) is 0 Å². The van der Waals surface area contributed by atoms with E-state index < -0.39 is 12.3 Å². The van der Waals surface area contributed by atoms with Gasteiger partial charge in [-0.1, -0.05) is 97.5 Å². The third-order valence-electron chi connectivity index (χ3n) is 8.50. The molecule has 8 nitrogen and oxygen atoms in total. The van der Waals surface area contributed by atoms with Crippen molar-refractivity contribution in [3.8, 4) is 11.1 Å². The molecule has 4 aromatic carbocycles. The number of carboxylic acid groups (broad SMARTS) is 1. The maximum Gasteiger partial charge on any atom is 0.303 e. The quantitative estimate of drug-likeness (QED) is 0.107. The predicted molar refractivity (Wildman–Crippen MR) is 189 cm³/mol. The van der Waals surface area contributed by atoms with Crippen molar-refractivity contribution >= 4 is 45.2 Å². The van der Waals surface area contributed by atoms with Crippen LogP contribution in [0.2, 0.25) is 0 Å². The molecule has 0 radical (unpaired) electrons. The summed E-state index contributed by atoms with van der Waals surface area (Å²) in [6.07, 6.45) is -0.376. The molecule has 1 amide bonds. The Morgan fingerprint density at radius 3 is 2.40 bits per heavy atom. The summed E-state index contributed by atoms with van der Waals surface area (Å²) in [6, 6.07) is 32.3. The maximum atomic E-state index is 12.1. The number of thiazole rings is 1. The lowest BCUT2D eigenvalue weighted by atomic mass is 9.91. The van der Waals surface area contributed by atoms with Crippen LogP contribution in [0.15, 0.2) is 101 Å². The van der Waals surface area contributed by atoms with Crippen molar-refractivity contribution in [1.82, 2.24) is 10.3 Å². The molecule has 0 spiro atoms. The van der Waals surface area contributed by atoms with Crippen molar-refractivity contribution in [3.63, 3.8) is 0 Å². The van der Waals surface area contributed by atoms with Crippen LogP contribution in [0.1, 0.15) is 60.8 Å². The second kappa shape index (κ2) is 15.9. The monoisotopic (exact) mass is 682 g/mol. The number of aliphatic hydroxyl groups is 1. The molecule has 248 valence electrons. The number of nitrogens with zero attached hydrogens (tertiary/aromatic N) is 1. The maximum absolute atomic E-state index is 12.1. The van der Waals surface area contributed by atoms with Gasteiger partial charge < -0.3 is 25.0 Å². The molecule has 0 bridgehead atoms. The lowest BCUT2D eigenvalue weighted by Gasteiger charge is -2.41. The minimum Gasteiger partial charge on any atom is -0.481 e. The van der Waals surface area contributed by atoms with E-state index in [9.17, 15) is 14.7 Å². The van der Waals surface area contributed by atoms with Gasteiger partial charge in [0, 0.05) is 36.6 Å². The second-order valence-corrected chi connectivity index (χ2v) is 14.2. The number of carbonyl (C=O) groups is 2. The van der Waals surface area contributed by atoms with E-state index in [1.165, 1.54) is 4.70 Å². The van der Waals surface area contributed by atoms with E-state index in [0.29, 0.717) is 13.0 Å². The fourth-order valence-electron chi connectivity index (χ4n) is 5.76. The molecule has 48 heavy (non-hydrogen) atoms. The molecule has 3 N–H and O–H groups in total. The zero-order valence-corrected chi connectivity index (χ0v) is 28.2. The van der Waals surface area contributed by atoms with Crippen LogP contribution in [0.25, 0.3) is 21.3 Å². The highest BCUT2D eigenvalue weighted by atomic mass is 32.2. The Morgan fingerprint density at radius 2 is 1.65 bits per heavy atom. The molecule has 1 aliphatic rings. The zero-order chi connectivity index (χ0) is 33.5. The number of amides is 1. The highest BCUT2D eigenvalue weighted by Gasteiger charge is 2.38. The van der Waals surface area contributed by atoms with E-state index in [1.807, 2.05) is 78.9 Å². The van der Waals surface area contributed by atoms with Gasteiger partial charge in [-0.05, 0) is 52.4 Å². The van der Waals surface area contributed by atoms with E-state index >= 15 is 0 Å². The number of nitrogens with one attached hydrogen (secondary N) is 1. The van der Waals surface area contributed by atoms with Gasteiger partial charge in [-0.15, -0.1) is 11.3 Å². The molecule has 1 aromatic heterocycles. The second-order valence-electron chi connectivity index (χ2n) is 11.9. The summed E-state index contributed by atoms with van der Waals surface area (Å²) in [5.41, 5.74) is 6.83. The number of hydrogen-bond acceptors (Lipinski definition) is 8. The Kier molecular flexibility index (Phi) is 11.2. The summed E-state index contributed by atoms with van der Waals surface area (Å²) in [4.78, 5) is 27.7. The molecule has 2 heterocycles. The van der Waals surface area contributed by atoms with E-state index in [2.05, 4.69) is 30.4 Å². The van der Waals surface area contributed by atoms with E-state index in [0.717, 1.165) is 49.0 Å². The molecule has 5 aromatic rings. The lowest BCUT2D eigenvalue weighted by molar-refractivity contribution is -0.268. The number of aliphatic carboxylic acids is 1. The number of benzene rings is 4. The minimum absolute atomic E-state index is 0.00693. The van der Waals surface area contributed by atoms with E-state index in [1.54, 1.807) is 23.1 Å². The molecule has 0 saturated carbocycles. The zero-order valence-electron chi connectivity index (χ0n) is 26.6. The SMILES string of the molecule is C[C@@H]1[C@H](CSc2nc3ccccc3s2)O[C@H](c2ccc(-c3cccc(CNC(=O)CCCC(=O)O)c3)cc2)O[C@@H]1c1ccc(CO)cc1. The van der Waals surface area contributed by atoms with Crippen molar-refractivity contribution in [3.05, 3.63) is 119 Å². The summed E-state index contributed by atoms with van der Waals surface area (Å²) in [6.45, 7) is 2.53. The Bertz CT molecular complexity index is 1810. The van der Waals surface area contributed by atoms with Gasteiger partial charge in [-0.2, -0.15) is 0 Å². The minimum atomic E-state index is -0.898. The van der Waals surface area contributed by atoms with Gasteiger partial charge in [-0.3, -0.25) is 9.59 Å². The topological polar surface area (TPSA) is 118 Å². The Labute approximate surface area is 288 Å². The number of thioether (sulfide) groups is 1. The number of hydrogen-bond donors (Lipinski definition) is 3. The predicted octanol–water partition coefficient (Wildman–Crippen LogP) is 7.91. The van der Waals surface area contributed by atoms with Crippen molar-refractivity contribution in [2.75, 3.05) is 5.75 Å². The average molecular weight is 683 g/mol. The molecule has 10 heteroatoms. The summed E-state index contributed by atoms with van der Waals surface area (Å²) in [7, 11) is 0.